The molecule has 0 spiro atoms. The van der Waals surface area contributed by atoms with Gasteiger partial charge in [-0.1, -0.05) is 37.2 Å². The van der Waals surface area contributed by atoms with Crippen molar-refractivity contribution in [2.24, 2.45) is 5.92 Å². The largest absolute Gasteiger partial charge is 0.508 e. The lowest BCUT2D eigenvalue weighted by molar-refractivity contribution is 0.430. The number of hydrogen-bond acceptors (Lipinski definition) is 1. The Balaban J connectivity index is 2.03. The van der Waals surface area contributed by atoms with Gasteiger partial charge < -0.3 is 5.11 Å². The summed E-state index contributed by atoms with van der Waals surface area (Å²) in [6, 6.07) is 7.16. The van der Waals surface area contributed by atoms with Crippen LogP contribution in [0.25, 0.3) is 0 Å². The summed E-state index contributed by atoms with van der Waals surface area (Å²) < 4.78 is 0. The first kappa shape index (κ1) is 10.1. The molecule has 2 rings (SSSR count). The van der Waals surface area contributed by atoms with E-state index in [0.29, 0.717) is 11.7 Å². The van der Waals surface area contributed by atoms with E-state index >= 15 is 0 Å². The summed E-state index contributed by atoms with van der Waals surface area (Å²) in [5.41, 5.74) is 0.917. The summed E-state index contributed by atoms with van der Waals surface area (Å²) in [7, 11) is 0. The Morgan fingerprint density at radius 3 is 2.67 bits per heavy atom. The highest BCUT2D eigenvalue weighted by molar-refractivity contribution is 5.39. The van der Waals surface area contributed by atoms with E-state index in [4.69, 9.17) is 0 Å². The van der Waals surface area contributed by atoms with Gasteiger partial charge in [-0.15, -0.1) is 0 Å². The summed E-state index contributed by atoms with van der Waals surface area (Å²) in [6.07, 6.45) is 6.49. The van der Waals surface area contributed by atoms with Crippen molar-refractivity contribution < 1.29 is 5.11 Å². The lowest BCUT2D eigenvalue weighted by Crippen LogP contribution is -2.02. The molecule has 1 aromatic carbocycles. The van der Waals surface area contributed by atoms with Gasteiger partial charge in [-0.05, 0) is 31.0 Å². The molecule has 1 N–H and O–H groups in total. The van der Waals surface area contributed by atoms with Crippen LogP contribution in [0.15, 0.2) is 24.3 Å². The highest BCUT2D eigenvalue weighted by Gasteiger charge is 2.09. The Morgan fingerprint density at radius 2 is 1.93 bits per heavy atom. The van der Waals surface area contributed by atoms with Crippen LogP contribution in [0.3, 0.4) is 0 Å². The van der Waals surface area contributed by atoms with Crippen molar-refractivity contribution >= 4 is 0 Å². The molecule has 0 aliphatic heterocycles. The number of benzene rings is 1. The van der Waals surface area contributed by atoms with Gasteiger partial charge in [-0.3, -0.25) is 0 Å². The molecule has 0 unspecified atom stereocenters. The molecule has 1 heteroatoms. The molecule has 1 fully saturated rings. The van der Waals surface area contributed by atoms with Gasteiger partial charge in [0.2, 0.25) is 0 Å². The van der Waals surface area contributed by atoms with E-state index < -0.39 is 0 Å². The van der Waals surface area contributed by atoms with E-state index in [1.54, 1.807) is 12.1 Å². The van der Waals surface area contributed by atoms with Crippen LogP contribution in [-0.4, -0.2) is 5.11 Å². The zero-order valence-corrected chi connectivity index (χ0v) is 8.87. The Bertz CT molecular complexity index is 378. The summed E-state index contributed by atoms with van der Waals surface area (Å²) in [5, 5.41) is 9.28. The van der Waals surface area contributed by atoms with Crippen molar-refractivity contribution in [3.8, 4) is 17.6 Å². The van der Waals surface area contributed by atoms with Gasteiger partial charge >= 0.3 is 0 Å². The maximum Gasteiger partial charge on any atom is 0.116 e. The van der Waals surface area contributed by atoms with Crippen LogP contribution >= 0.6 is 0 Å². The summed E-state index contributed by atoms with van der Waals surface area (Å²) in [4.78, 5) is 0. The molecule has 0 aromatic heterocycles. The number of aromatic hydroxyl groups is 1. The fourth-order valence-corrected chi connectivity index (χ4v) is 2.02. The van der Waals surface area contributed by atoms with Crippen molar-refractivity contribution in [1.82, 2.24) is 0 Å². The SMILES string of the molecule is Oc1cccc(C#CC2CCCCC2)c1. The van der Waals surface area contributed by atoms with Gasteiger partial charge in [-0.25, -0.2) is 0 Å². The molecular weight excluding hydrogens is 184 g/mol. The number of phenols is 1. The first-order valence-electron chi connectivity index (χ1n) is 5.65. The molecule has 1 aliphatic rings. The van der Waals surface area contributed by atoms with Crippen molar-refractivity contribution in [2.75, 3.05) is 0 Å². The van der Waals surface area contributed by atoms with E-state index in [1.807, 2.05) is 12.1 Å². The Morgan fingerprint density at radius 1 is 1.13 bits per heavy atom. The monoisotopic (exact) mass is 200 g/mol. The topological polar surface area (TPSA) is 20.2 Å². The molecule has 15 heavy (non-hydrogen) atoms. The minimum absolute atomic E-state index is 0.297. The van der Waals surface area contributed by atoms with E-state index in [2.05, 4.69) is 11.8 Å². The lowest BCUT2D eigenvalue weighted by Gasteiger charge is -2.15. The highest BCUT2D eigenvalue weighted by atomic mass is 16.3. The van der Waals surface area contributed by atoms with Gasteiger partial charge in [0.05, 0.1) is 0 Å². The van der Waals surface area contributed by atoms with Gasteiger partial charge in [0.25, 0.3) is 0 Å². The minimum Gasteiger partial charge on any atom is -0.508 e. The second-order valence-electron chi connectivity index (χ2n) is 4.15. The Labute approximate surface area is 91.1 Å². The van der Waals surface area contributed by atoms with Gasteiger partial charge in [0.15, 0.2) is 0 Å². The summed E-state index contributed by atoms with van der Waals surface area (Å²) in [5.74, 6) is 7.32. The molecule has 0 atom stereocenters. The number of phenolic OH excluding ortho intramolecular Hbond substituents is 1. The zero-order chi connectivity index (χ0) is 10.5. The molecule has 1 saturated carbocycles. The van der Waals surface area contributed by atoms with E-state index in [-0.39, 0.29) is 0 Å². The minimum atomic E-state index is 0.297. The molecule has 1 aromatic rings. The third kappa shape index (κ3) is 3.02. The average molecular weight is 200 g/mol. The molecule has 0 heterocycles. The number of hydrogen-bond donors (Lipinski definition) is 1. The van der Waals surface area contributed by atoms with Crippen LogP contribution < -0.4 is 0 Å². The van der Waals surface area contributed by atoms with E-state index in [9.17, 15) is 5.11 Å². The molecule has 78 valence electrons. The van der Waals surface area contributed by atoms with Crippen LogP contribution in [0, 0.1) is 17.8 Å². The molecule has 0 bridgehead atoms. The van der Waals surface area contributed by atoms with Crippen LogP contribution in [0.5, 0.6) is 5.75 Å². The number of rotatable bonds is 0. The maximum absolute atomic E-state index is 9.28. The third-order valence-electron chi connectivity index (χ3n) is 2.87. The quantitative estimate of drug-likeness (QED) is 0.637. The smallest absolute Gasteiger partial charge is 0.116 e. The van der Waals surface area contributed by atoms with E-state index in [0.717, 1.165) is 5.56 Å². The molecule has 0 radical (unpaired) electrons. The summed E-state index contributed by atoms with van der Waals surface area (Å²) >= 11 is 0. The molecule has 0 amide bonds. The van der Waals surface area contributed by atoms with Crippen molar-refractivity contribution in [1.29, 1.82) is 0 Å². The van der Waals surface area contributed by atoms with E-state index in [1.165, 1.54) is 32.1 Å². The molecule has 1 nitrogen and oxygen atoms in total. The Hall–Kier alpha value is -1.42. The summed E-state index contributed by atoms with van der Waals surface area (Å²) in [6.45, 7) is 0. The van der Waals surface area contributed by atoms with Gasteiger partial charge in [-0.2, -0.15) is 0 Å². The van der Waals surface area contributed by atoms with Crippen molar-refractivity contribution in [2.45, 2.75) is 32.1 Å². The predicted molar refractivity (Wildman–Crippen MR) is 61.6 cm³/mol. The third-order valence-corrected chi connectivity index (χ3v) is 2.87. The Kier molecular flexibility index (Phi) is 3.29. The fourth-order valence-electron chi connectivity index (χ4n) is 2.02. The second-order valence-corrected chi connectivity index (χ2v) is 4.15. The molecule has 0 saturated heterocycles. The lowest BCUT2D eigenvalue weighted by atomic mass is 9.90. The maximum atomic E-state index is 9.28. The average Bonchev–Trinajstić information content (AvgIpc) is 2.28. The standard InChI is InChI=1S/C14H16O/c15-14-8-4-7-13(11-14)10-9-12-5-2-1-3-6-12/h4,7-8,11-12,15H,1-3,5-6H2. The highest BCUT2D eigenvalue weighted by Crippen LogP contribution is 2.22. The van der Waals surface area contributed by atoms with Gasteiger partial charge in [0, 0.05) is 11.5 Å². The zero-order valence-electron chi connectivity index (χ0n) is 8.87. The normalized spacial score (nSPS) is 16.8. The van der Waals surface area contributed by atoms with Gasteiger partial charge in [0.1, 0.15) is 5.75 Å². The van der Waals surface area contributed by atoms with Crippen LogP contribution in [0.4, 0.5) is 0 Å². The second kappa shape index (κ2) is 4.89. The molecule has 1 aliphatic carbocycles. The first-order chi connectivity index (χ1) is 7.34. The fraction of sp³-hybridized carbons (Fsp3) is 0.429. The molecular formula is C14H16O. The van der Waals surface area contributed by atoms with Crippen LogP contribution in [-0.2, 0) is 0 Å². The predicted octanol–water partition coefficient (Wildman–Crippen LogP) is 3.32. The van der Waals surface area contributed by atoms with Crippen LogP contribution in [0.1, 0.15) is 37.7 Å². The first-order valence-corrected chi connectivity index (χ1v) is 5.65. The van der Waals surface area contributed by atoms with Crippen molar-refractivity contribution in [3.63, 3.8) is 0 Å². The van der Waals surface area contributed by atoms with Crippen LogP contribution in [0.2, 0.25) is 0 Å². The van der Waals surface area contributed by atoms with Crippen molar-refractivity contribution in [3.05, 3.63) is 29.8 Å².